The van der Waals surface area contributed by atoms with E-state index in [1.807, 2.05) is 13.8 Å². The maximum Gasteiger partial charge on any atom is 0.209 e. The van der Waals surface area contributed by atoms with Gasteiger partial charge < -0.3 is 0 Å². The summed E-state index contributed by atoms with van der Waals surface area (Å²) >= 11 is 0. The van der Waals surface area contributed by atoms with Crippen LogP contribution in [0.25, 0.3) is 0 Å². The average Bonchev–Trinajstić information content (AvgIpc) is 2.44. The highest BCUT2D eigenvalue weighted by Crippen LogP contribution is 2.26. The second-order valence-electron chi connectivity index (χ2n) is 4.92. The van der Waals surface area contributed by atoms with E-state index in [2.05, 4.69) is 0 Å². The number of hydrogen-bond donors (Lipinski definition) is 0. The molecular formula is C16H16F2O2S. The molecule has 0 fully saturated rings. The lowest BCUT2D eigenvalue weighted by Gasteiger charge is -2.10. The molecular weight excluding hydrogens is 294 g/mol. The third-order valence-corrected chi connectivity index (χ3v) is 5.10. The molecule has 0 aliphatic heterocycles. The van der Waals surface area contributed by atoms with Gasteiger partial charge in [0.15, 0.2) is 0 Å². The molecule has 0 heterocycles. The summed E-state index contributed by atoms with van der Waals surface area (Å²) in [5, 5.41) is 0. The van der Waals surface area contributed by atoms with E-state index in [0.29, 0.717) is 6.07 Å². The van der Waals surface area contributed by atoms with Crippen LogP contribution in [0.3, 0.4) is 0 Å². The third kappa shape index (κ3) is 3.13. The summed E-state index contributed by atoms with van der Waals surface area (Å²) in [5.74, 6) is -1.73. The first-order valence-electron chi connectivity index (χ1n) is 6.66. The third-order valence-electron chi connectivity index (χ3n) is 3.33. The monoisotopic (exact) mass is 310 g/mol. The molecule has 0 bridgehead atoms. The summed E-state index contributed by atoms with van der Waals surface area (Å²) in [6.07, 6.45) is 1.61. The molecule has 0 aliphatic carbocycles. The van der Waals surface area contributed by atoms with Crippen LogP contribution in [0.4, 0.5) is 8.78 Å². The van der Waals surface area contributed by atoms with Gasteiger partial charge in [0.1, 0.15) is 16.5 Å². The Bertz CT molecular complexity index is 768. The molecule has 0 unspecified atom stereocenters. The molecule has 0 saturated carbocycles. The van der Waals surface area contributed by atoms with Crippen molar-refractivity contribution in [2.45, 2.75) is 36.5 Å². The van der Waals surface area contributed by atoms with E-state index in [-0.39, 0.29) is 4.90 Å². The van der Waals surface area contributed by atoms with Gasteiger partial charge >= 0.3 is 0 Å². The van der Waals surface area contributed by atoms with Crippen LogP contribution in [0.15, 0.2) is 46.2 Å². The van der Waals surface area contributed by atoms with Gasteiger partial charge in [-0.05, 0) is 54.8 Å². The molecule has 2 rings (SSSR count). The molecule has 0 saturated heterocycles. The van der Waals surface area contributed by atoms with Crippen molar-refractivity contribution >= 4 is 9.84 Å². The molecule has 0 aliphatic rings. The molecule has 0 aromatic heterocycles. The lowest BCUT2D eigenvalue weighted by atomic mass is 10.0. The van der Waals surface area contributed by atoms with Crippen molar-refractivity contribution in [1.82, 2.24) is 0 Å². The Kier molecular flexibility index (Phi) is 4.42. The van der Waals surface area contributed by atoms with Crippen LogP contribution < -0.4 is 0 Å². The smallest absolute Gasteiger partial charge is 0.209 e. The molecule has 0 atom stereocenters. The van der Waals surface area contributed by atoms with Gasteiger partial charge in [-0.2, -0.15) is 0 Å². The number of halogens is 2. The summed E-state index contributed by atoms with van der Waals surface area (Å²) in [5.41, 5.74) is 1.88. The Labute approximate surface area is 123 Å². The molecule has 21 heavy (non-hydrogen) atoms. The molecule has 0 amide bonds. The van der Waals surface area contributed by atoms with Crippen LogP contribution in [0, 0.1) is 18.6 Å². The highest BCUT2D eigenvalue weighted by molar-refractivity contribution is 7.91. The molecule has 0 radical (unpaired) electrons. The van der Waals surface area contributed by atoms with Gasteiger partial charge in [0.25, 0.3) is 0 Å². The fourth-order valence-corrected chi connectivity index (χ4v) is 3.55. The first-order valence-corrected chi connectivity index (χ1v) is 8.14. The first-order chi connectivity index (χ1) is 9.86. The van der Waals surface area contributed by atoms with Crippen molar-refractivity contribution in [2.75, 3.05) is 0 Å². The van der Waals surface area contributed by atoms with Gasteiger partial charge in [-0.3, -0.25) is 0 Å². The molecule has 5 heteroatoms. The van der Waals surface area contributed by atoms with E-state index in [1.54, 1.807) is 12.1 Å². The Morgan fingerprint density at radius 1 is 1.05 bits per heavy atom. The summed E-state index contributed by atoms with van der Waals surface area (Å²) in [4.78, 5) is -0.644. The van der Waals surface area contributed by atoms with Crippen molar-refractivity contribution in [3.05, 3.63) is 59.2 Å². The zero-order valence-corrected chi connectivity index (χ0v) is 12.7. The number of benzene rings is 2. The van der Waals surface area contributed by atoms with Gasteiger partial charge in [0.05, 0.1) is 4.90 Å². The fourth-order valence-electron chi connectivity index (χ4n) is 2.16. The van der Waals surface area contributed by atoms with Crippen LogP contribution in [0.2, 0.25) is 0 Å². The standard InChI is InChI=1S/C16H16F2O2S/c1-3-4-12-9-14(7-5-11(12)2)21(19,20)16-10-13(17)6-8-15(16)18/h5-10H,3-4H2,1-2H3. The van der Waals surface area contributed by atoms with Gasteiger partial charge in [-0.25, -0.2) is 17.2 Å². The summed E-state index contributed by atoms with van der Waals surface area (Å²) in [7, 11) is -4.06. The minimum absolute atomic E-state index is 0.0129. The highest BCUT2D eigenvalue weighted by atomic mass is 32.2. The summed E-state index contributed by atoms with van der Waals surface area (Å²) in [6, 6.07) is 7.08. The second-order valence-corrected chi connectivity index (χ2v) is 6.83. The Hall–Kier alpha value is -1.75. The van der Waals surface area contributed by atoms with Crippen LogP contribution in [0.1, 0.15) is 24.5 Å². The Balaban J connectivity index is 2.59. The lowest BCUT2D eigenvalue weighted by molar-refractivity contribution is 0.553. The molecule has 2 aromatic rings. The topological polar surface area (TPSA) is 34.1 Å². The molecule has 0 spiro atoms. The molecule has 0 N–H and O–H groups in total. The molecule has 2 aromatic carbocycles. The highest BCUT2D eigenvalue weighted by Gasteiger charge is 2.23. The number of aryl methyl sites for hydroxylation is 2. The van der Waals surface area contributed by atoms with Crippen LogP contribution in [-0.4, -0.2) is 8.42 Å². The van der Waals surface area contributed by atoms with E-state index in [1.165, 1.54) is 6.07 Å². The van der Waals surface area contributed by atoms with E-state index in [9.17, 15) is 17.2 Å². The quantitative estimate of drug-likeness (QED) is 0.853. The maximum absolute atomic E-state index is 13.7. The van der Waals surface area contributed by atoms with E-state index >= 15 is 0 Å². The summed E-state index contributed by atoms with van der Waals surface area (Å²) < 4.78 is 51.9. The number of rotatable bonds is 4. The van der Waals surface area contributed by atoms with Gasteiger partial charge in [0, 0.05) is 0 Å². The van der Waals surface area contributed by atoms with Crippen molar-refractivity contribution in [1.29, 1.82) is 0 Å². The zero-order chi connectivity index (χ0) is 15.6. The average molecular weight is 310 g/mol. The van der Waals surface area contributed by atoms with Crippen molar-refractivity contribution in [2.24, 2.45) is 0 Å². The van der Waals surface area contributed by atoms with Gasteiger partial charge in [0.2, 0.25) is 9.84 Å². The van der Waals surface area contributed by atoms with Crippen molar-refractivity contribution < 1.29 is 17.2 Å². The Morgan fingerprint density at radius 2 is 1.76 bits per heavy atom. The first kappa shape index (κ1) is 15.6. The van der Waals surface area contributed by atoms with E-state index in [0.717, 1.165) is 36.1 Å². The fraction of sp³-hybridized carbons (Fsp3) is 0.250. The van der Waals surface area contributed by atoms with Crippen LogP contribution in [-0.2, 0) is 16.3 Å². The van der Waals surface area contributed by atoms with Crippen LogP contribution >= 0.6 is 0 Å². The maximum atomic E-state index is 13.7. The van der Waals surface area contributed by atoms with Gasteiger partial charge in [-0.15, -0.1) is 0 Å². The minimum atomic E-state index is -4.06. The minimum Gasteiger partial charge on any atom is -0.218 e. The normalized spacial score (nSPS) is 11.6. The second kappa shape index (κ2) is 5.93. The predicted octanol–water partition coefficient (Wildman–Crippen LogP) is 4.06. The predicted molar refractivity (Wildman–Crippen MR) is 77.0 cm³/mol. The molecule has 2 nitrogen and oxygen atoms in total. The SMILES string of the molecule is CCCc1cc(S(=O)(=O)c2cc(F)ccc2F)ccc1C. The summed E-state index contributed by atoms with van der Waals surface area (Å²) in [6.45, 7) is 3.89. The van der Waals surface area contributed by atoms with E-state index < -0.39 is 26.4 Å². The number of sulfone groups is 1. The lowest BCUT2D eigenvalue weighted by Crippen LogP contribution is -2.06. The van der Waals surface area contributed by atoms with Crippen molar-refractivity contribution in [3.63, 3.8) is 0 Å². The largest absolute Gasteiger partial charge is 0.218 e. The molecule has 112 valence electrons. The van der Waals surface area contributed by atoms with Crippen molar-refractivity contribution in [3.8, 4) is 0 Å². The van der Waals surface area contributed by atoms with Gasteiger partial charge in [-0.1, -0.05) is 19.4 Å². The Morgan fingerprint density at radius 3 is 2.43 bits per heavy atom. The van der Waals surface area contributed by atoms with E-state index in [4.69, 9.17) is 0 Å². The number of hydrogen-bond acceptors (Lipinski definition) is 2. The van der Waals surface area contributed by atoms with Crippen LogP contribution in [0.5, 0.6) is 0 Å². The zero-order valence-electron chi connectivity index (χ0n) is 11.9.